The second kappa shape index (κ2) is 6.04. The van der Waals surface area contributed by atoms with Crippen LogP contribution in [0.5, 0.6) is 11.5 Å². The zero-order chi connectivity index (χ0) is 15.6. The monoisotopic (exact) mass is 328 g/mol. The highest BCUT2D eigenvalue weighted by molar-refractivity contribution is 7.14. The molecule has 0 spiro atoms. The highest BCUT2D eigenvalue weighted by Crippen LogP contribution is 2.32. The maximum Gasteiger partial charge on any atom is 0.281 e. The van der Waals surface area contributed by atoms with Crippen LogP contribution in [0.4, 0.5) is 0 Å². The van der Waals surface area contributed by atoms with Gasteiger partial charge in [0.2, 0.25) is 6.79 Å². The number of nitrogens with one attached hydrogen (secondary N) is 1. The van der Waals surface area contributed by atoms with Crippen LogP contribution in [0.1, 0.15) is 38.5 Å². The van der Waals surface area contributed by atoms with Gasteiger partial charge in [0.25, 0.3) is 5.91 Å². The first-order valence-corrected chi connectivity index (χ1v) is 8.46. The molecule has 5 nitrogen and oxygen atoms in total. The number of nitrogens with zero attached hydrogens (tertiary/aromatic N) is 1. The predicted octanol–water partition coefficient (Wildman–Crippen LogP) is 3.12. The first-order valence-electron chi connectivity index (χ1n) is 7.64. The molecule has 2 aromatic rings. The molecule has 0 bridgehead atoms. The molecule has 0 atom stereocenters. The van der Waals surface area contributed by atoms with E-state index in [1.807, 2.05) is 24.3 Å². The Hall–Kier alpha value is -2.34. The maximum absolute atomic E-state index is 12.2. The lowest BCUT2D eigenvalue weighted by Crippen LogP contribution is -2.16. The number of ether oxygens (including phenoxy) is 2. The van der Waals surface area contributed by atoms with Gasteiger partial charge in [-0.15, -0.1) is 11.3 Å². The van der Waals surface area contributed by atoms with Crippen LogP contribution < -0.4 is 14.9 Å². The van der Waals surface area contributed by atoms with Gasteiger partial charge in [0.05, 0.1) is 11.1 Å². The second-order valence-electron chi connectivity index (χ2n) is 5.58. The average Bonchev–Trinajstić information content (AvgIpc) is 3.20. The van der Waals surface area contributed by atoms with E-state index in [-0.39, 0.29) is 12.7 Å². The summed E-state index contributed by atoms with van der Waals surface area (Å²) in [5.74, 6) is 1.28. The van der Waals surface area contributed by atoms with Gasteiger partial charge in [-0.05, 0) is 61.1 Å². The largest absolute Gasteiger partial charge is 0.454 e. The third-order valence-electron chi connectivity index (χ3n) is 4.00. The molecule has 0 fully saturated rings. The van der Waals surface area contributed by atoms with Crippen molar-refractivity contribution < 1.29 is 14.3 Å². The van der Waals surface area contributed by atoms with Crippen LogP contribution in [0.3, 0.4) is 0 Å². The summed E-state index contributed by atoms with van der Waals surface area (Å²) in [4.78, 5) is 14.3. The van der Waals surface area contributed by atoms with Gasteiger partial charge < -0.3 is 9.47 Å². The Labute approximate surface area is 137 Å². The van der Waals surface area contributed by atoms with Crippen molar-refractivity contribution in [3.63, 3.8) is 0 Å². The Bertz CT molecular complexity index is 759. The SMILES string of the molecule is O=C(NN=Cc1ccc2c(c1)OCO2)c1cc2c(s1)CCCC2. The molecular formula is C17H16N2O3S. The number of aryl methyl sites for hydroxylation is 2. The van der Waals surface area contributed by atoms with Crippen molar-refractivity contribution in [2.75, 3.05) is 6.79 Å². The number of fused-ring (bicyclic) bond motifs is 2. The molecule has 0 unspecified atom stereocenters. The summed E-state index contributed by atoms with van der Waals surface area (Å²) in [7, 11) is 0. The molecule has 4 rings (SSSR count). The minimum atomic E-state index is -0.151. The first kappa shape index (κ1) is 14.3. The lowest BCUT2D eigenvalue weighted by Gasteiger charge is -2.08. The van der Waals surface area contributed by atoms with E-state index < -0.39 is 0 Å². The van der Waals surface area contributed by atoms with Crippen LogP contribution in [0.25, 0.3) is 0 Å². The lowest BCUT2D eigenvalue weighted by molar-refractivity contribution is 0.0959. The quantitative estimate of drug-likeness (QED) is 0.695. The van der Waals surface area contributed by atoms with E-state index >= 15 is 0 Å². The number of hydrogen-bond acceptors (Lipinski definition) is 5. The van der Waals surface area contributed by atoms with Crippen molar-refractivity contribution in [3.8, 4) is 11.5 Å². The number of carbonyl (C=O) groups excluding carboxylic acids is 1. The van der Waals surface area contributed by atoms with Gasteiger partial charge in [-0.25, -0.2) is 5.43 Å². The van der Waals surface area contributed by atoms with Gasteiger partial charge in [-0.2, -0.15) is 5.10 Å². The van der Waals surface area contributed by atoms with Crippen LogP contribution in [0, 0.1) is 0 Å². The van der Waals surface area contributed by atoms with E-state index in [2.05, 4.69) is 10.5 Å². The topological polar surface area (TPSA) is 59.9 Å². The van der Waals surface area contributed by atoms with Crippen molar-refractivity contribution >= 4 is 23.5 Å². The zero-order valence-corrected chi connectivity index (χ0v) is 13.3. The average molecular weight is 328 g/mol. The molecule has 23 heavy (non-hydrogen) atoms. The predicted molar refractivity (Wildman–Crippen MR) is 88.6 cm³/mol. The summed E-state index contributed by atoms with van der Waals surface area (Å²) in [6.45, 7) is 0.246. The Kier molecular flexibility index (Phi) is 3.75. The Morgan fingerprint density at radius 3 is 2.96 bits per heavy atom. The maximum atomic E-state index is 12.2. The smallest absolute Gasteiger partial charge is 0.281 e. The molecule has 118 valence electrons. The standard InChI is InChI=1S/C17H16N2O3S/c20-17(16-8-12-3-1-2-4-15(12)23-16)19-18-9-11-5-6-13-14(7-11)22-10-21-13/h5-9H,1-4,10H2,(H,19,20). The number of rotatable bonds is 3. The molecule has 1 aliphatic heterocycles. The van der Waals surface area contributed by atoms with E-state index in [9.17, 15) is 4.79 Å². The van der Waals surface area contributed by atoms with Crippen molar-refractivity contribution in [1.29, 1.82) is 0 Å². The second-order valence-corrected chi connectivity index (χ2v) is 6.71. The number of hydrazone groups is 1. The van der Waals surface area contributed by atoms with Crippen molar-refractivity contribution in [3.05, 3.63) is 45.1 Å². The lowest BCUT2D eigenvalue weighted by atomic mass is 9.99. The van der Waals surface area contributed by atoms with Crippen LogP contribution in [0.2, 0.25) is 0 Å². The van der Waals surface area contributed by atoms with Crippen molar-refractivity contribution in [2.45, 2.75) is 25.7 Å². The van der Waals surface area contributed by atoms with E-state index in [0.717, 1.165) is 29.0 Å². The van der Waals surface area contributed by atoms with Crippen LogP contribution in [-0.4, -0.2) is 18.9 Å². The van der Waals surface area contributed by atoms with Gasteiger partial charge in [0.1, 0.15) is 0 Å². The summed E-state index contributed by atoms with van der Waals surface area (Å²) in [5, 5.41) is 4.04. The number of thiophene rings is 1. The van der Waals surface area contributed by atoms with Crippen LogP contribution in [-0.2, 0) is 12.8 Å². The third-order valence-corrected chi connectivity index (χ3v) is 5.23. The molecule has 2 heterocycles. The van der Waals surface area contributed by atoms with Gasteiger partial charge in [0.15, 0.2) is 11.5 Å². The highest BCUT2D eigenvalue weighted by Gasteiger charge is 2.17. The Morgan fingerprint density at radius 2 is 2.04 bits per heavy atom. The Balaban J connectivity index is 1.42. The fourth-order valence-electron chi connectivity index (χ4n) is 2.82. The minimum Gasteiger partial charge on any atom is -0.454 e. The molecule has 0 saturated carbocycles. The highest BCUT2D eigenvalue weighted by atomic mass is 32.1. The van der Waals surface area contributed by atoms with Gasteiger partial charge in [-0.3, -0.25) is 4.79 Å². The van der Waals surface area contributed by atoms with Gasteiger partial charge in [0, 0.05) is 4.88 Å². The first-order chi connectivity index (χ1) is 11.3. The van der Waals surface area contributed by atoms with Crippen molar-refractivity contribution in [1.82, 2.24) is 5.43 Å². The van der Waals surface area contributed by atoms with E-state index in [1.165, 1.54) is 23.3 Å². The number of carbonyl (C=O) groups is 1. The summed E-state index contributed by atoms with van der Waals surface area (Å²) < 4.78 is 10.6. The normalized spacial score (nSPS) is 15.7. The molecule has 1 aliphatic carbocycles. The molecule has 1 N–H and O–H groups in total. The summed E-state index contributed by atoms with van der Waals surface area (Å²) in [5.41, 5.74) is 4.77. The molecular weight excluding hydrogens is 312 g/mol. The molecule has 2 aliphatic rings. The summed E-state index contributed by atoms with van der Waals surface area (Å²) in [6.07, 6.45) is 6.21. The molecule has 1 aromatic heterocycles. The number of amides is 1. The fraction of sp³-hybridized carbons (Fsp3) is 0.294. The van der Waals surface area contributed by atoms with Crippen LogP contribution in [0.15, 0.2) is 29.4 Å². The van der Waals surface area contributed by atoms with Gasteiger partial charge in [-0.1, -0.05) is 0 Å². The minimum absolute atomic E-state index is 0.151. The fourth-order valence-corrected chi connectivity index (χ4v) is 3.96. The molecule has 0 saturated heterocycles. The third kappa shape index (κ3) is 2.94. The molecule has 0 radical (unpaired) electrons. The van der Waals surface area contributed by atoms with E-state index in [1.54, 1.807) is 17.6 Å². The summed E-state index contributed by atoms with van der Waals surface area (Å²) in [6, 6.07) is 7.54. The van der Waals surface area contributed by atoms with E-state index in [4.69, 9.17) is 9.47 Å². The van der Waals surface area contributed by atoms with Crippen molar-refractivity contribution in [2.24, 2.45) is 5.10 Å². The molecule has 1 amide bonds. The van der Waals surface area contributed by atoms with E-state index in [0.29, 0.717) is 5.75 Å². The van der Waals surface area contributed by atoms with Gasteiger partial charge >= 0.3 is 0 Å². The number of hydrogen-bond donors (Lipinski definition) is 1. The number of benzene rings is 1. The molecule has 6 heteroatoms. The zero-order valence-electron chi connectivity index (χ0n) is 12.5. The van der Waals surface area contributed by atoms with Crippen LogP contribution >= 0.6 is 11.3 Å². The summed E-state index contributed by atoms with van der Waals surface area (Å²) >= 11 is 1.58. The molecule has 1 aromatic carbocycles. The Morgan fingerprint density at radius 1 is 1.17 bits per heavy atom.